The van der Waals surface area contributed by atoms with Gasteiger partial charge < -0.3 is 10.0 Å². The molecule has 6 nitrogen and oxygen atoms in total. The molecular weight excluding hydrogens is 294 g/mol. The van der Waals surface area contributed by atoms with Crippen molar-refractivity contribution in [2.75, 3.05) is 6.54 Å². The molecule has 1 aromatic carbocycles. The van der Waals surface area contributed by atoms with Gasteiger partial charge in [0, 0.05) is 18.3 Å². The van der Waals surface area contributed by atoms with Gasteiger partial charge in [-0.3, -0.25) is 4.79 Å². The molecule has 0 saturated heterocycles. The molecule has 2 heterocycles. The second-order valence-corrected chi connectivity index (χ2v) is 5.23. The van der Waals surface area contributed by atoms with Gasteiger partial charge in [0.15, 0.2) is 5.82 Å². The lowest BCUT2D eigenvalue weighted by molar-refractivity contribution is -0.140. The summed E-state index contributed by atoms with van der Waals surface area (Å²) in [6.45, 7) is 2.00. The number of carboxylic acid groups (broad SMARTS) is 1. The molecule has 0 bridgehead atoms. The zero-order valence-corrected chi connectivity index (χ0v) is 12.5. The fraction of sp³-hybridized carbons (Fsp3) is 0.176. The number of benzene rings is 1. The standard InChI is InChI=1S/C17H15N3O3/c1-11-13(16(21)20-9-5-8-14(20)17(22)23)10-18-15(19-11)12-6-3-2-4-7-12/h2-8,10,14H,9H2,1H3,(H,22,23). The number of carbonyl (C=O) groups excluding carboxylic acids is 1. The number of rotatable bonds is 3. The summed E-state index contributed by atoms with van der Waals surface area (Å²) in [5.74, 6) is -0.889. The lowest BCUT2D eigenvalue weighted by Crippen LogP contribution is -2.41. The quantitative estimate of drug-likeness (QED) is 0.876. The molecule has 1 N–H and O–H groups in total. The number of aromatic nitrogens is 2. The van der Waals surface area contributed by atoms with Gasteiger partial charge in [-0.25, -0.2) is 14.8 Å². The van der Waals surface area contributed by atoms with Crippen molar-refractivity contribution >= 4 is 11.9 Å². The van der Waals surface area contributed by atoms with E-state index in [1.807, 2.05) is 30.3 Å². The molecule has 3 rings (SSSR count). The van der Waals surface area contributed by atoms with E-state index >= 15 is 0 Å². The van der Waals surface area contributed by atoms with Gasteiger partial charge in [-0.05, 0) is 6.92 Å². The lowest BCUT2D eigenvalue weighted by Gasteiger charge is -2.22. The van der Waals surface area contributed by atoms with E-state index in [4.69, 9.17) is 5.11 Å². The molecule has 1 aliphatic heterocycles. The van der Waals surface area contributed by atoms with Crippen molar-refractivity contribution in [1.29, 1.82) is 0 Å². The number of amides is 1. The summed E-state index contributed by atoms with van der Waals surface area (Å²) >= 11 is 0. The Labute approximate surface area is 133 Å². The van der Waals surface area contributed by atoms with Crippen LogP contribution in [0.25, 0.3) is 11.4 Å². The minimum absolute atomic E-state index is 0.273. The van der Waals surface area contributed by atoms with Crippen LogP contribution in [0.1, 0.15) is 16.1 Å². The third-order valence-electron chi connectivity index (χ3n) is 3.71. The number of nitrogens with zero attached hydrogens (tertiary/aromatic N) is 3. The zero-order valence-electron chi connectivity index (χ0n) is 12.5. The third kappa shape index (κ3) is 2.83. The van der Waals surface area contributed by atoms with Crippen molar-refractivity contribution in [2.24, 2.45) is 0 Å². The Hall–Kier alpha value is -3.02. The van der Waals surface area contributed by atoms with Gasteiger partial charge in [-0.15, -0.1) is 0 Å². The highest BCUT2D eigenvalue weighted by Crippen LogP contribution is 2.19. The van der Waals surface area contributed by atoms with Crippen LogP contribution in [-0.2, 0) is 4.79 Å². The molecule has 23 heavy (non-hydrogen) atoms. The van der Waals surface area contributed by atoms with Crippen molar-refractivity contribution in [3.05, 3.63) is 59.9 Å². The first-order valence-electron chi connectivity index (χ1n) is 7.17. The average Bonchev–Trinajstić information content (AvgIpc) is 3.05. The number of hydrogen-bond acceptors (Lipinski definition) is 4. The molecule has 0 spiro atoms. The van der Waals surface area contributed by atoms with Crippen molar-refractivity contribution in [2.45, 2.75) is 13.0 Å². The van der Waals surface area contributed by atoms with E-state index in [0.717, 1.165) is 5.56 Å². The van der Waals surface area contributed by atoms with E-state index in [-0.39, 0.29) is 12.5 Å². The van der Waals surface area contributed by atoms with Gasteiger partial charge in [-0.2, -0.15) is 0 Å². The molecule has 0 fully saturated rings. The van der Waals surface area contributed by atoms with Gasteiger partial charge in [0.2, 0.25) is 0 Å². The summed E-state index contributed by atoms with van der Waals surface area (Å²) in [6.07, 6.45) is 4.64. The Morgan fingerprint density at radius 2 is 2.00 bits per heavy atom. The first-order chi connectivity index (χ1) is 11.1. The van der Waals surface area contributed by atoms with E-state index in [0.29, 0.717) is 17.1 Å². The number of aryl methyl sites for hydroxylation is 1. The second kappa shape index (κ2) is 6.00. The lowest BCUT2D eigenvalue weighted by atomic mass is 10.1. The van der Waals surface area contributed by atoms with Gasteiger partial charge >= 0.3 is 5.97 Å². The van der Waals surface area contributed by atoms with Gasteiger partial charge in [0.1, 0.15) is 6.04 Å². The first-order valence-corrected chi connectivity index (χ1v) is 7.17. The summed E-state index contributed by atoms with van der Waals surface area (Å²) in [7, 11) is 0. The second-order valence-electron chi connectivity index (χ2n) is 5.23. The van der Waals surface area contributed by atoms with E-state index in [2.05, 4.69) is 9.97 Å². The minimum Gasteiger partial charge on any atom is -0.479 e. The smallest absolute Gasteiger partial charge is 0.330 e. The molecule has 1 amide bonds. The van der Waals surface area contributed by atoms with Crippen LogP contribution in [-0.4, -0.2) is 44.4 Å². The van der Waals surface area contributed by atoms with Crippen molar-refractivity contribution in [1.82, 2.24) is 14.9 Å². The summed E-state index contributed by atoms with van der Waals surface area (Å²) in [5, 5.41) is 9.17. The van der Waals surface area contributed by atoms with Crippen LogP contribution < -0.4 is 0 Å². The Balaban J connectivity index is 1.89. The van der Waals surface area contributed by atoms with Crippen LogP contribution in [0.15, 0.2) is 48.7 Å². The van der Waals surface area contributed by atoms with E-state index in [1.165, 1.54) is 17.2 Å². The van der Waals surface area contributed by atoms with Crippen LogP contribution in [0.3, 0.4) is 0 Å². The number of carbonyl (C=O) groups is 2. The minimum atomic E-state index is -1.05. The van der Waals surface area contributed by atoms with Crippen LogP contribution >= 0.6 is 0 Å². The fourth-order valence-electron chi connectivity index (χ4n) is 2.50. The largest absolute Gasteiger partial charge is 0.479 e. The maximum Gasteiger partial charge on any atom is 0.330 e. The Morgan fingerprint density at radius 1 is 1.26 bits per heavy atom. The van der Waals surface area contributed by atoms with Crippen molar-refractivity contribution in [3.63, 3.8) is 0 Å². The van der Waals surface area contributed by atoms with E-state index < -0.39 is 12.0 Å². The predicted molar refractivity (Wildman–Crippen MR) is 83.8 cm³/mol. The molecule has 1 atom stereocenters. The molecule has 6 heteroatoms. The van der Waals surface area contributed by atoms with Gasteiger partial charge in [-0.1, -0.05) is 42.5 Å². The molecule has 0 radical (unpaired) electrons. The molecule has 116 valence electrons. The zero-order chi connectivity index (χ0) is 16.4. The topological polar surface area (TPSA) is 83.4 Å². The molecule has 1 aliphatic rings. The van der Waals surface area contributed by atoms with Crippen LogP contribution in [0.4, 0.5) is 0 Å². The Kier molecular flexibility index (Phi) is 3.89. The molecular formula is C17H15N3O3. The summed E-state index contributed by atoms with van der Waals surface area (Å²) in [6, 6.07) is 8.53. The Bertz CT molecular complexity index is 787. The monoisotopic (exact) mass is 309 g/mol. The summed E-state index contributed by atoms with van der Waals surface area (Å²) in [5.41, 5.74) is 1.71. The predicted octanol–water partition coefficient (Wildman–Crippen LogP) is 1.92. The molecule has 0 saturated carbocycles. The van der Waals surface area contributed by atoms with Gasteiger partial charge in [0.25, 0.3) is 5.91 Å². The van der Waals surface area contributed by atoms with E-state index in [1.54, 1.807) is 13.0 Å². The first kappa shape index (κ1) is 14.9. The maximum absolute atomic E-state index is 12.6. The van der Waals surface area contributed by atoms with Crippen LogP contribution in [0, 0.1) is 6.92 Å². The molecule has 0 aliphatic carbocycles. The number of carboxylic acids is 1. The third-order valence-corrected chi connectivity index (χ3v) is 3.71. The number of hydrogen-bond donors (Lipinski definition) is 1. The molecule has 1 aromatic heterocycles. The highest BCUT2D eigenvalue weighted by atomic mass is 16.4. The Morgan fingerprint density at radius 3 is 2.65 bits per heavy atom. The average molecular weight is 309 g/mol. The van der Waals surface area contributed by atoms with Crippen molar-refractivity contribution < 1.29 is 14.7 Å². The van der Waals surface area contributed by atoms with Crippen LogP contribution in [0.5, 0.6) is 0 Å². The molecule has 2 aromatic rings. The van der Waals surface area contributed by atoms with Crippen LogP contribution in [0.2, 0.25) is 0 Å². The highest BCUT2D eigenvalue weighted by molar-refractivity contribution is 5.98. The summed E-state index contributed by atoms with van der Waals surface area (Å²) in [4.78, 5) is 33.7. The molecule has 1 unspecified atom stereocenters. The van der Waals surface area contributed by atoms with E-state index in [9.17, 15) is 9.59 Å². The SMILES string of the molecule is Cc1nc(-c2ccccc2)ncc1C(=O)N1CC=CC1C(=O)O. The normalized spacial score (nSPS) is 16.6. The van der Waals surface area contributed by atoms with Crippen molar-refractivity contribution in [3.8, 4) is 11.4 Å². The summed E-state index contributed by atoms with van der Waals surface area (Å²) < 4.78 is 0. The fourth-order valence-corrected chi connectivity index (χ4v) is 2.50. The highest BCUT2D eigenvalue weighted by Gasteiger charge is 2.31. The van der Waals surface area contributed by atoms with Gasteiger partial charge in [0.05, 0.1) is 11.3 Å². The maximum atomic E-state index is 12.6. The number of aliphatic carboxylic acids is 1.